The highest BCUT2D eigenvalue weighted by atomic mass is 16.5. The summed E-state index contributed by atoms with van der Waals surface area (Å²) in [5.41, 5.74) is 3.16. The van der Waals surface area contributed by atoms with E-state index in [0.717, 1.165) is 24.3 Å². The van der Waals surface area contributed by atoms with Crippen molar-refractivity contribution in [3.63, 3.8) is 0 Å². The van der Waals surface area contributed by atoms with Crippen molar-refractivity contribution in [2.75, 3.05) is 23.8 Å². The third kappa shape index (κ3) is 8.00. The van der Waals surface area contributed by atoms with Gasteiger partial charge in [0.05, 0.1) is 13.2 Å². The Hall–Kier alpha value is -3.80. The molecule has 0 saturated heterocycles. The molecule has 0 spiro atoms. The Labute approximate surface area is 195 Å². The Morgan fingerprint density at radius 3 is 2.39 bits per heavy atom. The highest BCUT2D eigenvalue weighted by Crippen LogP contribution is 2.16. The van der Waals surface area contributed by atoms with Gasteiger partial charge in [0.15, 0.2) is 0 Å². The van der Waals surface area contributed by atoms with Gasteiger partial charge in [0.2, 0.25) is 5.91 Å². The van der Waals surface area contributed by atoms with Crippen molar-refractivity contribution in [3.8, 4) is 5.75 Å². The third-order valence-electron chi connectivity index (χ3n) is 5.21. The van der Waals surface area contributed by atoms with Crippen molar-refractivity contribution in [1.82, 2.24) is 5.32 Å². The molecule has 0 heterocycles. The SMILES string of the molecule is CCC(C)NC(=O)c1cccc(NC(=O)CNc2ccc(OCCc3ccccc3)cc2)c1. The lowest BCUT2D eigenvalue weighted by atomic mass is 10.1. The average molecular weight is 446 g/mol. The van der Waals surface area contributed by atoms with Gasteiger partial charge in [0.1, 0.15) is 5.75 Å². The number of carbonyl (C=O) groups is 2. The highest BCUT2D eigenvalue weighted by molar-refractivity contribution is 5.98. The van der Waals surface area contributed by atoms with Crippen LogP contribution in [0.4, 0.5) is 11.4 Å². The van der Waals surface area contributed by atoms with E-state index in [4.69, 9.17) is 4.74 Å². The molecule has 0 aliphatic carbocycles. The minimum atomic E-state index is -0.197. The van der Waals surface area contributed by atoms with Gasteiger partial charge >= 0.3 is 0 Å². The topological polar surface area (TPSA) is 79.5 Å². The third-order valence-corrected chi connectivity index (χ3v) is 5.21. The molecular formula is C27H31N3O3. The number of rotatable bonds is 11. The van der Waals surface area contributed by atoms with Gasteiger partial charge in [0.25, 0.3) is 5.91 Å². The van der Waals surface area contributed by atoms with E-state index in [-0.39, 0.29) is 24.4 Å². The second kappa shape index (κ2) is 12.3. The van der Waals surface area contributed by atoms with Gasteiger partial charge in [-0.1, -0.05) is 43.3 Å². The number of nitrogens with one attached hydrogen (secondary N) is 3. The molecule has 3 N–H and O–H groups in total. The zero-order chi connectivity index (χ0) is 23.5. The number of hydrogen-bond donors (Lipinski definition) is 3. The first-order valence-corrected chi connectivity index (χ1v) is 11.2. The highest BCUT2D eigenvalue weighted by Gasteiger charge is 2.10. The van der Waals surface area contributed by atoms with Gasteiger partial charge in [-0.25, -0.2) is 0 Å². The maximum absolute atomic E-state index is 12.3. The fraction of sp³-hybridized carbons (Fsp3) is 0.259. The Bertz CT molecular complexity index is 1040. The largest absolute Gasteiger partial charge is 0.493 e. The van der Waals surface area contributed by atoms with E-state index in [2.05, 4.69) is 28.1 Å². The summed E-state index contributed by atoms with van der Waals surface area (Å²) in [5.74, 6) is 0.440. The lowest BCUT2D eigenvalue weighted by molar-refractivity contribution is -0.114. The first-order valence-electron chi connectivity index (χ1n) is 11.2. The molecule has 3 rings (SSSR count). The molecular weight excluding hydrogens is 414 g/mol. The molecule has 3 aromatic rings. The van der Waals surface area contributed by atoms with Crippen LogP contribution in [0.5, 0.6) is 5.75 Å². The first kappa shape index (κ1) is 23.9. The molecule has 6 nitrogen and oxygen atoms in total. The molecule has 0 aliphatic heterocycles. The molecule has 1 atom stereocenters. The van der Waals surface area contributed by atoms with Crippen molar-refractivity contribution in [3.05, 3.63) is 90.0 Å². The maximum Gasteiger partial charge on any atom is 0.251 e. The van der Waals surface area contributed by atoms with Crippen molar-refractivity contribution in [2.45, 2.75) is 32.7 Å². The predicted molar refractivity (Wildman–Crippen MR) is 133 cm³/mol. The van der Waals surface area contributed by atoms with Crippen LogP contribution in [0.25, 0.3) is 0 Å². The lowest BCUT2D eigenvalue weighted by Gasteiger charge is -2.13. The summed E-state index contributed by atoms with van der Waals surface area (Å²) in [6.07, 6.45) is 1.70. The minimum Gasteiger partial charge on any atom is -0.493 e. The quantitative estimate of drug-likeness (QED) is 0.393. The molecule has 2 amide bonds. The Balaban J connectivity index is 1.43. The summed E-state index contributed by atoms with van der Waals surface area (Å²) in [5, 5.41) is 8.85. The van der Waals surface area contributed by atoms with E-state index in [1.807, 2.05) is 56.3 Å². The average Bonchev–Trinajstić information content (AvgIpc) is 2.84. The fourth-order valence-electron chi connectivity index (χ4n) is 3.14. The van der Waals surface area contributed by atoms with Gasteiger partial charge < -0.3 is 20.7 Å². The van der Waals surface area contributed by atoms with Crippen LogP contribution in [0.15, 0.2) is 78.9 Å². The van der Waals surface area contributed by atoms with Crippen LogP contribution in [-0.2, 0) is 11.2 Å². The van der Waals surface area contributed by atoms with Crippen molar-refractivity contribution in [1.29, 1.82) is 0 Å². The van der Waals surface area contributed by atoms with E-state index in [9.17, 15) is 9.59 Å². The molecule has 172 valence electrons. The van der Waals surface area contributed by atoms with Crippen LogP contribution in [0, 0.1) is 0 Å². The zero-order valence-electron chi connectivity index (χ0n) is 19.1. The number of ether oxygens (including phenoxy) is 1. The van der Waals surface area contributed by atoms with Crippen LogP contribution in [0.2, 0.25) is 0 Å². The number of benzene rings is 3. The summed E-state index contributed by atoms with van der Waals surface area (Å²) in [6, 6.07) is 24.8. The van der Waals surface area contributed by atoms with Crippen LogP contribution in [0.3, 0.4) is 0 Å². The van der Waals surface area contributed by atoms with Crippen LogP contribution in [-0.4, -0.2) is 31.0 Å². The zero-order valence-corrected chi connectivity index (χ0v) is 19.1. The van der Waals surface area contributed by atoms with Crippen molar-refractivity contribution in [2.24, 2.45) is 0 Å². The Kier molecular flexibility index (Phi) is 8.88. The molecule has 0 fully saturated rings. The van der Waals surface area contributed by atoms with Crippen LogP contribution < -0.4 is 20.7 Å². The van der Waals surface area contributed by atoms with Crippen LogP contribution >= 0.6 is 0 Å². The van der Waals surface area contributed by atoms with Gasteiger partial charge in [-0.2, -0.15) is 0 Å². The van der Waals surface area contributed by atoms with Crippen molar-refractivity contribution < 1.29 is 14.3 Å². The number of hydrogen-bond acceptors (Lipinski definition) is 4. The summed E-state index contributed by atoms with van der Waals surface area (Å²) < 4.78 is 5.79. The number of carbonyl (C=O) groups excluding carboxylic acids is 2. The summed E-state index contributed by atoms with van der Waals surface area (Å²) >= 11 is 0. The minimum absolute atomic E-state index is 0.0978. The van der Waals surface area contributed by atoms with E-state index < -0.39 is 0 Å². The molecule has 1 unspecified atom stereocenters. The lowest BCUT2D eigenvalue weighted by Crippen LogP contribution is -2.32. The Morgan fingerprint density at radius 1 is 0.909 bits per heavy atom. The smallest absolute Gasteiger partial charge is 0.251 e. The summed E-state index contributed by atoms with van der Waals surface area (Å²) in [4.78, 5) is 24.6. The van der Waals surface area contributed by atoms with E-state index in [1.54, 1.807) is 24.3 Å². The van der Waals surface area contributed by atoms with Gasteiger partial charge in [-0.15, -0.1) is 0 Å². The first-order chi connectivity index (χ1) is 16.0. The Morgan fingerprint density at radius 2 is 1.67 bits per heavy atom. The van der Waals surface area contributed by atoms with E-state index >= 15 is 0 Å². The number of amides is 2. The standard InChI is InChI=1S/C27H31N3O3/c1-3-20(2)29-27(32)22-10-7-11-24(18-22)30-26(31)19-28-23-12-14-25(15-13-23)33-17-16-21-8-5-4-6-9-21/h4-15,18,20,28H,3,16-17,19H2,1-2H3,(H,29,32)(H,30,31). The maximum atomic E-state index is 12.3. The van der Waals surface area contributed by atoms with E-state index in [0.29, 0.717) is 17.9 Å². The molecule has 33 heavy (non-hydrogen) atoms. The van der Waals surface area contributed by atoms with Crippen molar-refractivity contribution >= 4 is 23.2 Å². The van der Waals surface area contributed by atoms with Gasteiger partial charge in [-0.3, -0.25) is 9.59 Å². The second-order valence-electron chi connectivity index (χ2n) is 7.87. The molecule has 0 radical (unpaired) electrons. The summed E-state index contributed by atoms with van der Waals surface area (Å²) in [7, 11) is 0. The molecule has 0 bridgehead atoms. The number of anilines is 2. The normalized spacial score (nSPS) is 11.3. The molecule has 0 aliphatic rings. The molecule has 0 aromatic heterocycles. The second-order valence-corrected chi connectivity index (χ2v) is 7.87. The monoisotopic (exact) mass is 445 g/mol. The van der Waals surface area contributed by atoms with Gasteiger partial charge in [-0.05, 0) is 61.4 Å². The van der Waals surface area contributed by atoms with Crippen LogP contribution in [0.1, 0.15) is 36.2 Å². The van der Waals surface area contributed by atoms with Gasteiger partial charge in [0, 0.05) is 29.4 Å². The molecule has 0 saturated carbocycles. The fourth-order valence-corrected chi connectivity index (χ4v) is 3.14. The molecule has 6 heteroatoms. The predicted octanol–water partition coefficient (Wildman–Crippen LogP) is 4.89. The van der Waals surface area contributed by atoms with E-state index in [1.165, 1.54) is 5.56 Å². The molecule has 3 aromatic carbocycles. The summed E-state index contributed by atoms with van der Waals surface area (Å²) in [6.45, 7) is 4.69.